The zero-order valence-electron chi connectivity index (χ0n) is 17.5. The Bertz CT molecular complexity index is 1240. The normalized spacial score (nSPS) is 14.9. The maximum atomic E-state index is 13.4. The lowest BCUT2D eigenvalue weighted by Crippen LogP contribution is -2.40. The minimum Gasteiger partial charge on any atom is -0.379 e. The summed E-state index contributed by atoms with van der Waals surface area (Å²) in [5.41, 5.74) is 2.52. The summed E-state index contributed by atoms with van der Waals surface area (Å²) in [5, 5.41) is 9.09. The number of benzene rings is 2. The Labute approximate surface area is 197 Å². The standard InChI is InChI=1S/C22H23BrN6O2S/c23-16-6-7-18-20(14-16)32-22(24-18)28(9-3-8-27-10-12-31-13-11-27)21(30)15-29-19-5-2-1-4-17(19)25-26-29/h1-2,4-7,14H,3,8-13,15H2. The highest BCUT2D eigenvalue weighted by Gasteiger charge is 2.22. The minimum atomic E-state index is -0.0410. The van der Waals surface area contributed by atoms with Crippen molar-refractivity contribution in [2.45, 2.75) is 13.0 Å². The number of thiazole rings is 1. The van der Waals surface area contributed by atoms with Gasteiger partial charge in [-0.2, -0.15) is 0 Å². The predicted molar refractivity (Wildman–Crippen MR) is 129 cm³/mol. The molecule has 1 fully saturated rings. The SMILES string of the molecule is O=C(Cn1nnc2ccccc21)N(CCCN1CCOCC1)c1nc2ccc(Br)cc2s1. The molecule has 8 nitrogen and oxygen atoms in total. The van der Waals surface area contributed by atoms with Gasteiger partial charge in [0.05, 0.1) is 28.9 Å². The van der Waals surface area contributed by atoms with E-state index < -0.39 is 0 Å². The van der Waals surface area contributed by atoms with E-state index in [2.05, 4.69) is 31.1 Å². The van der Waals surface area contributed by atoms with E-state index in [1.54, 1.807) is 9.58 Å². The number of halogens is 1. The van der Waals surface area contributed by atoms with Crippen molar-refractivity contribution < 1.29 is 9.53 Å². The average molecular weight is 515 g/mol. The second kappa shape index (κ2) is 9.62. The van der Waals surface area contributed by atoms with Crippen LogP contribution in [0.3, 0.4) is 0 Å². The van der Waals surface area contributed by atoms with Gasteiger partial charge in [0, 0.05) is 30.7 Å². The lowest BCUT2D eigenvalue weighted by molar-refractivity contribution is -0.119. The number of carbonyl (C=O) groups is 1. The van der Waals surface area contributed by atoms with Gasteiger partial charge in [-0.15, -0.1) is 5.10 Å². The number of hydrogen-bond acceptors (Lipinski definition) is 7. The molecule has 0 spiro atoms. The van der Waals surface area contributed by atoms with E-state index in [4.69, 9.17) is 9.72 Å². The van der Waals surface area contributed by atoms with Gasteiger partial charge >= 0.3 is 0 Å². The lowest BCUT2D eigenvalue weighted by atomic mass is 10.3. The van der Waals surface area contributed by atoms with Gasteiger partial charge in [-0.1, -0.05) is 44.6 Å². The molecular formula is C22H23BrN6O2S. The second-order valence-electron chi connectivity index (χ2n) is 7.70. The molecule has 166 valence electrons. The van der Waals surface area contributed by atoms with Gasteiger partial charge in [0.1, 0.15) is 12.1 Å². The Kier molecular flexibility index (Phi) is 6.44. The van der Waals surface area contributed by atoms with Gasteiger partial charge in [0.25, 0.3) is 5.91 Å². The summed E-state index contributed by atoms with van der Waals surface area (Å²) in [4.78, 5) is 22.4. The number of anilines is 1. The van der Waals surface area contributed by atoms with Crippen molar-refractivity contribution in [1.29, 1.82) is 0 Å². The number of carbonyl (C=O) groups excluding carboxylic acids is 1. The first-order valence-electron chi connectivity index (χ1n) is 10.6. The third kappa shape index (κ3) is 4.68. The monoisotopic (exact) mass is 514 g/mol. The first-order chi connectivity index (χ1) is 15.7. The van der Waals surface area contributed by atoms with Gasteiger partial charge in [-0.25, -0.2) is 9.67 Å². The van der Waals surface area contributed by atoms with Gasteiger partial charge in [-0.3, -0.25) is 14.6 Å². The van der Waals surface area contributed by atoms with Gasteiger partial charge in [0.2, 0.25) is 0 Å². The van der Waals surface area contributed by atoms with Crippen molar-refractivity contribution in [2.75, 3.05) is 44.3 Å². The zero-order valence-corrected chi connectivity index (χ0v) is 19.9. The van der Waals surface area contributed by atoms with Crippen LogP contribution in [0.25, 0.3) is 21.3 Å². The number of fused-ring (bicyclic) bond motifs is 2. The first kappa shape index (κ1) is 21.4. The molecule has 0 N–H and O–H groups in total. The Morgan fingerprint density at radius 1 is 1.16 bits per heavy atom. The first-order valence-corrected chi connectivity index (χ1v) is 12.2. The molecule has 3 heterocycles. The number of rotatable bonds is 7. The quantitative estimate of drug-likeness (QED) is 0.375. The molecule has 5 rings (SSSR count). The van der Waals surface area contributed by atoms with Crippen molar-refractivity contribution in [1.82, 2.24) is 24.9 Å². The van der Waals surface area contributed by atoms with Crippen LogP contribution in [0.1, 0.15) is 6.42 Å². The number of nitrogens with zero attached hydrogens (tertiary/aromatic N) is 6. The fourth-order valence-electron chi connectivity index (χ4n) is 3.85. The van der Waals surface area contributed by atoms with Gasteiger partial charge in [0.15, 0.2) is 5.13 Å². The third-order valence-corrected chi connectivity index (χ3v) is 7.07. The zero-order chi connectivity index (χ0) is 21.9. The van der Waals surface area contributed by atoms with E-state index in [-0.39, 0.29) is 12.5 Å². The van der Waals surface area contributed by atoms with Crippen molar-refractivity contribution in [3.63, 3.8) is 0 Å². The molecule has 2 aromatic heterocycles. The Hall–Kier alpha value is -2.40. The lowest BCUT2D eigenvalue weighted by Gasteiger charge is -2.27. The van der Waals surface area contributed by atoms with Crippen molar-refractivity contribution in [3.05, 3.63) is 46.9 Å². The summed E-state index contributed by atoms with van der Waals surface area (Å²) in [6.07, 6.45) is 0.865. The van der Waals surface area contributed by atoms with E-state index in [1.165, 1.54) is 11.3 Å². The molecule has 1 aliphatic rings. The Balaban J connectivity index is 1.37. The maximum Gasteiger partial charge on any atom is 0.250 e. The van der Waals surface area contributed by atoms with Crippen LogP contribution >= 0.6 is 27.3 Å². The van der Waals surface area contributed by atoms with E-state index in [0.717, 1.165) is 70.1 Å². The summed E-state index contributed by atoms with van der Waals surface area (Å²) in [7, 11) is 0. The number of ether oxygens (including phenoxy) is 1. The number of para-hydroxylation sites is 1. The molecule has 2 aromatic carbocycles. The van der Waals surface area contributed by atoms with Crippen LogP contribution in [0.4, 0.5) is 5.13 Å². The van der Waals surface area contributed by atoms with Crippen LogP contribution in [-0.4, -0.2) is 70.2 Å². The summed E-state index contributed by atoms with van der Waals surface area (Å²) in [6, 6.07) is 13.7. The molecule has 1 amide bonds. The van der Waals surface area contributed by atoms with Crippen LogP contribution in [0.15, 0.2) is 46.9 Å². The van der Waals surface area contributed by atoms with Crippen molar-refractivity contribution in [3.8, 4) is 0 Å². The number of morpholine rings is 1. The second-order valence-corrected chi connectivity index (χ2v) is 9.62. The van der Waals surface area contributed by atoms with Crippen molar-refractivity contribution in [2.24, 2.45) is 0 Å². The molecule has 4 aromatic rings. The van der Waals surface area contributed by atoms with E-state index in [9.17, 15) is 4.79 Å². The number of amides is 1. The largest absolute Gasteiger partial charge is 0.379 e. The van der Waals surface area contributed by atoms with E-state index in [0.29, 0.717) is 6.54 Å². The molecule has 0 atom stereocenters. The Morgan fingerprint density at radius 2 is 2.00 bits per heavy atom. The van der Waals surface area contributed by atoms with Crippen molar-refractivity contribution >= 4 is 59.6 Å². The van der Waals surface area contributed by atoms with Crippen LogP contribution in [0.2, 0.25) is 0 Å². The number of hydrogen-bond donors (Lipinski definition) is 0. The summed E-state index contributed by atoms with van der Waals surface area (Å²) < 4.78 is 9.15. The summed E-state index contributed by atoms with van der Waals surface area (Å²) in [6.45, 7) is 5.07. The Morgan fingerprint density at radius 3 is 2.88 bits per heavy atom. The molecule has 32 heavy (non-hydrogen) atoms. The molecule has 1 saturated heterocycles. The molecule has 1 aliphatic heterocycles. The topological polar surface area (TPSA) is 76.4 Å². The fraction of sp³-hybridized carbons (Fsp3) is 0.364. The molecule has 0 saturated carbocycles. The smallest absolute Gasteiger partial charge is 0.250 e. The van der Waals surface area contributed by atoms with Gasteiger partial charge in [-0.05, 0) is 36.8 Å². The van der Waals surface area contributed by atoms with Gasteiger partial charge < -0.3 is 4.74 Å². The molecule has 0 radical (unpaired) electrons. The third-order valence-electron chi connectivity index (χ3n) is 5.54. The fourth-order valence-corrected chi connectivity index (χ4v) is 5.41. The summed E-state index contributed by atoms with van der Waals surface area (Å²) >= 11 is 5.06. The maximum absolute atomic E-state index is 13.4. The predicted octanol–water partition coefficient (Wildman–Crippen LogP) is 3.56. The summed E-state index contributed by atoms with van der Waals surface area (Å²) in [5.74, 6) is -0.0410. The van der Waals surface area contributed by atoms with Crippen LogP contribution in [0.5, 0.6) is 0 Å². The molecule has 0 aliphatic carbocycles. The van der Waals surface area contributed by atoms with E-state index >= 15 is 0 Å². The molecular weight excluding hydrogens is 492 g/mol. The van der Waals surface area contributed by atoms with Crippen LogP contribution in [-0.2, 0) is 16.1 Å². The molecule has 0 unspecified atom stereocenters. The van der Waals surface area contributed by atoms with E-state index in [1.807, 2.05) is 42.5 Å². The molecule has 0 bridgehead atoms. The van der Waals surface area contributed by atoms with Crippen LogP contribution in [0, 0.1) is 0 Å². The van der Waals surface area contributed by atoms with Crippen LogP contribution < -0.4 is 4.90 Å². The minimum absolute atomic E-state index is 0.0410. The molecule has 10 heteroatoms. The highest BCUT2D eigenvalue weighted by Crippen LogP contribution is 2.31. The highest BCUT2D eigenvalue weighted by atomic mass is 79.9. The highest BCUT2D eigenvalue weighted by molar-refractivity contribution is 9.10. The average Bonchev–Trinajstić information content (AvgIpc) is 3.41. The number of aromatic nitrogens is 4.